The van der Waals surface area contributed by atoms with Crippen molar-refractivity contribution in [3.63, 3.8) is 0 Å². The van der Waals surface area contributed by atoms with Crippen molar-refractivity contribution < 1.29 is 9.90 Å². The van der Waals surface area contributed by atoms with Crippen LogP contribution in [0, 0.1) is 5.92 Å². The van der Waals surface area contributed by atoms with Crippen LogP contribution < -0.4 is 5.73 Å². The van der Waals surface area contributed by atoms with Gasteiger partial charge in [-0.1, -0.05) is 44.2 Å². The van der Waals surface area contributed by atoms with Crippen molar-refractivity contribution in [1.82, 2.24) is 0 Å². The Kier molecular flexibility index (Phi) is 5.48. The molecule has 0 fully saturated rings. The highest BCUT2D eigenvalue weighted by atomic mass is 35.5. The lowest BCUT2D eigenvalue weighted by molar-refractivity contribution is -0.145. The molecule has 0 amide bonds. The molecule has 0 aliphatic rings. The molecule has 0 unspecified atom stereocenters. The Labute approximate surface area is 102 Å². The van der Waals surface area contributed by atoms with Crippen molar-refractivity contribution >= 4 is 18.4 Å². The number of rotatable bonds is 4. The number of carbonyl (C=O) groups is 1. The van der Waals surface area contributed by atoms with E-state index in [1.54, 1.807) is 0 Å². The van der Waals surface area contributed by atoms with Gasteiger partial charge in [0.25, 0.3) is 0 Å². The van der Waals surface area contributed by atoms with Crippen molar-refractivity contribution in [1.29, 1.82) is 0 Å². The quantitative estimate of drug-likeness (QED) is 0.851. The number of nitrogens with two attached hydrogens (primary N) is 1. The summed E-state index contributed by atoms with van der Waals surface area (Å²) in [6.45, 7) is 3.66. The minimum atomic E-state index is -1.18. The van der Waals surface area contributed by atoms with Crippen LogP contribution in [0.2, 0.25) is 0 Å². The summed E-state index contributed by atoms with van der Waals surface area (Å²) in [5, 5.41) is 9.14. The summed E-state index contributed by atoms with van der Waals surface area (Å²) >= 11 is 0. The van der Waals surface area contributed by atoms with Gasteiger partial charge in [-0.2, -0.15) is 0 Å². The molecule has 0 aliphatic carbocycles. The molecule has 0 bridgehead atoms. The molecule has 0 saturated carbocycles. The summed E-state index contributed by atoms with van der Waals surface area (Å²) in [7, 11) is 0. The van der Waals surface area contributed by atoms with E-state index in [1.807, 2.05) is 44.2 Å². The molecule has 1 aromatic rings. The fourth-order valence-corrected chi connectivity index (χ4v) is 1.46. The van der Waals surface area contributed by atoms with Crippen LogP contribution in [0.1, 0.15) is 19.4 Å². The van der Waals surface area contributed by atoms with Crippen molar-refractivity contribution in [3.8, 4) is 0 Å². The maximum Gasteiger partial charge on any atom is 0.324 e. The molecule has 0 heterocycles. The van der Waals surface area contributed by atoms with Crippen LogP contribution in [0.5, 0.6) is 0 Å². The molecule has 90 valence electrons. The molecule has 1 atom stereocenters. The standard InChI is InChI=1S/C12H17NO2.ClH/c1-9(2)12(13,11(14)15)8-10-6-4-3-5-7-10;/h3-7,9H,8,13H2,1-2H3,(H,14,15);1H/t12-;/m1./s1. The molecule has 1 aromatic carbocycles. The van der Waals surface area contributed by atoms with E-state index in [1.165, 1.54) is 0 Å². The van der Waals surface area contributed by atoms with E-state index in [9.17, 15) is 4.79 Å². The van der Waals surface area contributed by atoms with Crippen molar-refractivity contribution in [2.24, 2.45) is 11.7 Å². The van der Waals surface area contributed by atoms with Gasteiger partial charge in [0.1, 0.15) is 5.54 Å². The number of hydrogen-bond acceptors (Lipinski definition) is 2. The van der Waals surface area contributed by atoms with Crippen molar-refractivity contribution in [2.45, 2.75) is 25.8 Å². The summed E-state index contributed by atoms with van der Waals surface area (Å²) < 4.78 is 0. The molecular weight excluding hydrogens is 226 g/mol. The predicted molar refractivity (Wildman–Crippen MR) is 66.8 cm³/mol. The second-order valence-corrected chi connectivity index (χ2v) is 4.16. The van der Waals surface area contributed by atoms with Gasteiger partial charge in [0.05, 0.1) is 0 Å². The average Bonchev–Trinajstić information content (AvgIpc) is 2.18. The van der Waals surface area contributed by atoms with E-state index in [0.29, 0.717) is 6.42 Å². The Morgan fingerprint density at radius 1 is 1.38 bits per heavy atom. The smallest absolute Gasteiger partial charge is 0.324 e. The highest BCUT2D eigenvalue weighted by molar-refractivity contribution is 5.85. The largest absolute Gasteiger partial charge is 0.480 e. The Balaban J connectivity index is 0.00000225. The van der Waals surface area contributed by atoms with Crippen LogP contribution in [0.15, 0.2) is 30.3 Å². The molecular formula is C12H18ClNO2. The first kappa shape index (κ1) is 14.9. The van der Waals surface area contributed by atoms with Crippen LogP contribution in [0.4, 0.5) is 0 Å². The summed E-state index contributed by atoms with van der Waals surface area (Å²) in [5.41, 5.74) is 5.69. The third kappa shape index (κ3) is 3.22. The van der Waals surface area contributed by atoms with E-state index in [-0.39, 0.29) is 18.3 Å². The number of carboxylic acid groups (broad SMARTS) is 1. The fourth-order valence-electron chi connectivity index (χ4n) is 1.46. The van der Waals surface area contributed by atoms with Gasteiger partial charge in [-0.25, -0.2) is 0 Å². The zero-order chi connectivity index (χ0) is 11.5. The molecule has 0 spiro atoms. The van der Waals surface area contributed by atoms with Gasteiger partial charge in [-0.05, 0) is 11.5 Å². The maximum absolute atomic E-state index is 11.1. The van der Waals surface area contributed by atoms with E-state index in [2.05, 4.69) is 0 Å². The molecule has 3 N–H and O–H groups in total. The Bertz CT molecular complexity index is 340. The summed E-state index contributed by atoms with van der Waals surface area (Å²) in [4.78, 5) is 11.1. The van der Waals surface area contributed by atoms with Crippen LogP contribution in [0.25, 0.3) is 0 Å². The SMILES string of the molecule is CC(C)[C@](N)(Cc1ccccc1)C(=O)O.Cl. The molecule has 0 radical (unpaired) electrons. The van der Waals surface area contributed by atoms with Crippen LogP contribution in [-0.2, 0) is 11.2 Å². The third-order valence-electron chi connectivity index (χ3n) is 2.77. The predicted octanol–water partition coefficient (Wildman–Crippen LogP) is 2.09. The van der Waals surface area contributed by atoms with Crippen LogP contribution in [-0.4, -0.2) is 16.6 Å². The lowest BCUT2D eigenvalue weighted by Crippen LogP contribution is -2.54. The Hall–Kier alpha value is -1.06. The van der Waals surface area contributed by atoms with Gasteiger partial charge < -0.3 is 10.8 Å². The zero-order valence-electron chi connectivity index (χ0n) is 9.51. The molecule has 3 nitrogen and oxygen atoms in total. The van der Waals surface area contributed by atoms with E-state index >= 15 is 0 Å². The van der Waals surface area contributed by atoms with Crippen LogP contribution >= 0.6 is 12.4 Å². The summed E-state index contributed by atoms with van der Waals surface area (Å²) in [5.74, 6) is -1.04. The van der Waals surface area contributed by atoms with Gasteiger partial charge in [-0.3, -0.25) is 4.79 Å². The number of benzene rings is 1. The topological polar surface area (TPSA) is 63.3 Å². The fraction of sp³-hybridized carbons (Fsp3) is 0.417. The van der Waals surface area contributed by atoms with Crippen molar-refractivity contribution in [2.75, 3.05) is 0 Å². The number of aliphatic carboxylic acids is 1. The van der Waals surface area contributed by atoms with Gasteiger partial charge in [0.2, 0.25) is 0 Å². The second kappa shape index (κ2) is 5.87. The van der Waals surface area contributed by atoms with Crippen molar-refractivity contribution in [3.05, 3.63) is 35.9 Å². The van der Waals surface area contributed by atoms with E-state index in [4.69, 9.17) is 10.8 Å². The first-order valence-electron chi connectivity index (χ1n) is 5.03. The highest BCUT2D eigenvalue weighted by Gasteiger charge is 2.37. The van der Waals surface area contributed by atoms with E-state index in [0.717, 1.165) is 5.56 Å². The minimum Gasteiger partial charge on any atom is -0.480 e. The molecule has 1 rings (SSSR count). The molecule has 0 aliphatic heterocycles. The first-order valence-corrected chi connectivity index (χ1v) is 5.03. The van der Waals surface area contributed by atoms with Gasteiger partial charge in [-0.15, -0.1) is 12.4 Å². The normalized spacial score (nSPS) is 14.0. The number of hydrogen-bond donors (Lipinski definition) is 2. The Morgan fingerprint density at radius 2 is 1.88 bits per heavy atom. The Morgan fingerprint density at radius 3 is 2.25 bits per heavy atom. The second-order valence-electron chi connectivity index (χ2n) is 4.16. The highest BCUT2D eigenvalue weighted by Crippen LogP contribution is 2.20. The van der Waals surface area contributed by atoms with E-state index < -0.39 is 11.5 Å². The molecule has 0 aromatic heterocycles. The van der Waals surface area contributed by atoms with Crippen LogP contribution in [0.3, 0.4) is 0 Å². The van der Waals surface area contributed by atoms with Gasteiger partial charge in [0.15, 0.2) is 0 Å². The summed E-state index contributed by atoms with van der Waals surface area (Å²) in [6, 6.07) is 9.47. The van der Waals surface area contributed by atoms with Gasteiger partial charge >= 0.3 is 5.97 Å². The first-order chi connectivity index (χ1) is 6.97. The minimum absolute atomic E-state index is 0. The maximum atomic E-state index is 11.1. The molecule has 0 saturated heterocycles. The monoisotopic (exact) mass is 243 g/mol. The zero-order valence-corrected chi connectivity index (χ0v) is 10.3. The lowest BCUT2D eigenvalue weighted by atomic mass is 9.82. The number of carboxylic acids is 1. The molecule has 4 heteroatoms. The molecule has 16 heavy (non-hydrogen) atoms. The lowest BCUT2D eigenvalue weighted by Gasteiger charge is -2.28. The number of halogens is 1. The summed E-state index contributed by atoms with van der Waals surface area (Å²) in [6.07, 6.45) is 0.362. The third-order valence-corrected chi connectivity index (χ3v) is 2.77. The van der Waals surface area contributed by atoms with Gasteiger partial charge in [0, 0.05) is 6.42 Å². The average molecular weight is 244 g/mol.